The van der Waals surface area contributed by atoms with Crippen molar-refractivity contribution in [3.63, 3.8) is 0 Å². The van der Waals surface area contributed by atoms with Gasteiger partial charge in [-0.3, -0.25) is 4.79 Å². The van der Waals surface area contributed by atoms with Gasteiger partial charge in [0.1, 0.15) is 12.4 Å². The van der Waals surface area contributed by atoms with Crippen LogP contribution in [0, 0.1) is 10.8 Å². The van der Waals surface area contributed by atoms with Gasteiger partial charge in [0, 0.05) is 11.3 Å². The molecule has 4 nitrogen and oxygen atoms in total. The Balaban J connectivity index is 2.50. The van der Waals surface area contributed by atoms with Gasteiger partial charge < -0.3 is 13.6 Å². The van der Waals surface area contributed by atoms with Crippen molar-refractivity contribution in [2.45, 2.75) is 99.9 Å². The quantitative estimate of drug-likeness (QED) is 0.216. The third-order valence-electron chi connectivity index (χ3n) is 5.65. The van der Waals surface area contributed by atoms with E-state index in [2.05, 4.69) is 85.9 Å². The van der Waals surface area contributed by atoms with Gasteiger partial charge in [-0.25, -0.2) is 0 Å². The number of rotatable bonds is 11. The first-order valence-corrected chi connectivity index (χ1v) is 19.2. The maximum atomic E-state index is 12.0. The highest BCUT2D eigenvalue weighted by atomic mass is 32.1. The zero-order valence-corrected chi connectivity index (χ0v) is 26.8. The number of hydrogen-bond donors (Lipinski definition) is 0. The van der Waals surface area contributed by atoms with Crippen molar-refractivity contribution in [1.82, 2.24) is 0 Å². The molecule has 0 saturated heterocycles. The lowest BCUT2D eigenvalue weighted by atomic mass is 9.77. The maximum Gasteiger partial charge on any atom is 0.172 e. The van der Waals surface area contributed by atoms with Gasteiger partial charge in [0.2, 0.25) is 0 Å². The number of ketones is 1. The summed E-state index contributed by atoms with van der Waals surface area (Å²) in [6, 6.07) is 10.3. The molecule has 0 amide bonds. The van der Waals surface area contributed by atoms with Gasteiger partial charge in [0.15, 0.2) is 23.9 Å². The van der Waals surface area contributed by atoms with Crippen LogP contribution >= 0.6 is 11.3 Å². The highest BCUT2D eigenvalue weighted by Gasteiger charge is 2.36. The van der Waals surface area contributed by atoms with Crippen LogP contribution in [-0.4, -0.2) is 23.9 Å². The average Bonchev–Trinajstić information content (AvgIpc) is 3.21. The molecule has 1 aromatic heterocycles. The van der Waals surface area contributed by atoms with Gasteiger partial charge in [-0.1, -0.05) is 54.5 Å². The molecule has 7 heteroatoms. The number of hydrogen-bond acceptors (Lipinski definition) is 5. The third-order valence-corrected chi connectivity index (χ3v) is 8.38. The molecule has 0 spiro atoms. The van der Waals surface area contributed by atoms with E-state index in [0.717, 1.165) is 15.5 Å². The van der Waals surface area contributed by atoms with Gasteiger partial charge in [0.25, 0.3) is 0 Å². The Morgan fingerprint density at radius 1 is 0.857 bits per heavy atom. The lowest BCUT2D eigenvalue weighted by Crippen LogP contribution is -2.31. The summed E-state index contributed by atoms with van der Waals surface area (Å²) in [5.41, 5.74) is 2.24. The summed E-state index contributed by atoms with van der Waals surface area (Å²) in [5, 5.41) is 0. The van der Waals surface area contributed by atoms with Crippen LogP contribution in [-0.2, 0) is 15.5 Å². The lowest BCUT2D eigenvalue weighted by Gasteiger charge is -2.39. The van der Waals surface area contributed by atoms with E-state index in [-0.39, 0.29) is 28.8 Å². The summed E-state index contributed by atoms with van der Waals surface area (Å²) >= 11 is 1.52. The van der Waals surface area contributed by atoms with Gasteiger partial charge >= 0.3 is 0 Å². The molecule has 0 N–H and O–H groups in total. The normalized spacial score (nSPS) is 14.4. The van der Waals surface area contributed by atoms with Crippen LogP contribution in [0.25, 0.3) is 0 Å². The van der Waals surface area contributed by atoms with Crippen molar-refractivity contribution >= 4 is 35.2 Å². The van der Waals surface area contributed by atoms with Crippen LogP contribution in [0.2, 0.25) is 26.2 Å². The minimum Gasteiger partial charge on any atom is -0.488 e. The summed E-state index contributed by atoms with van der Waals surface area (Å²) in [7, 11) is -2.60. The van der Waals surface area contributed by atoms with Crippen LogP contribution in [0.4, 0.5) is 0 Å². The Labute approximate surface area is 220 Å². The molecule has 0 fully saturated rings. The molecular formula is C28H46O4SSi2. The lowest BCUT2D eigenvalue weighted by molar-refractivity contribution is 0.0653. The molecule has 196 valence electrons. The van der Waals surface area contributed by atoms with E-state index in [1.807, 2.05) is 19.1 Å². The Hall–Kier alpha value is -1.26. The molecule has 2 rings (SSSR count). The fourth-order valence-electron chi connectivity index (χ4n) is 4.07. The minimum absolute atomic E-state index is 0.0135. The highest BCUT2D eigenvalue weighted by molar-refractivity contribution is 7.14. The van der Waals surface area contributed by atoms with Crippen LogP contribution in [0.3, 0.4) is 0 Å². The second-order valence-electron chi connectivity index (χ2n) is 12.0. The summed E-state index contributed by atoms with van der Waals surface area (Å²) in [6.07, 6.45) is 0.459. The molecule has 0 saturated carbocycles. The SMILES string of the molecule is CCC(=O)c1ccc(COc2ccc(C(O[SiH](C)C)C(C)(C)C)c(C(O[SiH](C)C)C(C)(C)C)c2)s1. The van der Waals surface area contributed by atoms with E-state index in [4.69, 9.17) is 13.6 Å². The molecular weight excluding hydrogens is 489 g/mol. The molecule has 0 radical (unpaired) electrons. The zero-order chi connectivity index (χ0) is 26.6. The number of carbonyl (C=O) groups is 1. The number of carbonyl (C=O) groups excluding carboxylic acids is 1. The molecule has 2 aromatic rings. The molecule has 35 heavy (non-hydrogen) atoms. The summed E-state index contributed by atoms with van der Waals surface area (Å²) in [6.45, 7) is 24.7. The largest absolute Gasteiger partial charge is 0.488 e. The number of ether oxygens (including phenoxy) is 1. The van der Waals surface area contributed by atoms with Gasteiger partial charge in [-0.05, 0) is 72.4 Å². The van der Waals surface area contributed by atoms with Crippen molar-refractivity contribution < 1.29 is 18.4 Å². The second kappa shape index (κ2) is 12.3. The van der Waals surface area contributed by atoms with E-state index in [0.29, 0.717) is 13.0 Å². The van der Waals surface area contributed by atoms with Crippen LogP contribution < -0.4 is 4.74 Å². The van der Waals surface area contributed by atoms with Gasteiger partial charge in [-0.2, -0.15) is 0 Å². The fraction of sp³-hybridized carbons (Fsp3) is 0.607. The predicted molar refractivity (Wildman–Crippen MR) is 154 cm³/mol. The van der Waals surface area contributed by atoms with E-state index < -0.39 is 18.1 Å². The number of benzene rings is 1. The van der Waals surface area contributed by atoms with Gasteiger partial charge in [0.05, 0.1) is 17.1 Å². The van der Waals surface area contributed by atoms with Crippen LogP contribution in [0.5, 0.6) is 5.75 Å². The number of Topliss-reactive ketones (excluding diaryl/α,β-unsaturated/α-hetero) is 1. The van der Waals surface area contributed by atoms with Crippen molar-refractivity contribution in [2.75, 3.05) is 0 Å². The second-order valence-corrected chi connectivity index (χ2v) is 17.9. The Morgan fingerprint density at radius 2 is 1.40 bits per heavy atom. The summed E-state index contributed by atoms with van der Waals surface area (Å²) in [4.78, 5) is 13.9. The van der Waals surface area contributed by atoms with Crippen molar-refractivity contribution in [1.29, 1.82) is 0 Å². The molecule has 0 aliphatic heterocycles. The average molecular weight is 535 g/mol. The Kier molecular flexibility index (Phi) is 10.6. The summed E-state index contributed by atoms with van der Waals surface area (Å²) < 4.78 is 19.6. The van der Waals surface area contributed by atoms with E-state index >= 15 is 0 Å². The highest BCUT2D eigenvalue weighted by Crippen LogP contribution is 2.46. The smallest absolute Gasteiger partial charge is 0.172 e. The van der Waals surface area contributed by atoms with Crippen molar-refractivity contribution in [2.24, 2.45) is 10.8 Å². The van der Waals surface area contributed by atoms with Gasteiger partial charge in [-0.15, -0.1) is 11.3 Å². The number of thiophene rings is 1. The van der Waals surface area contributed by atoms with E-state index in [1.54, 1.807) is 0 Å². The standard InChI is InChI=1S/C28H46O4SSi2/c1-12-23(29)24-16-14-20(33-24)18-30-19-13-15-21(25(27(2,3)4)31-34(8)9)22(17-19)26(28(5,6)7)32-35(10)11/h13-17,25-26,34-35H,12,18H2,1-11H3. The molecule has 0 aliphatic carbocycles. The third kappa shape index (κ3) is 8.67. The Morgan fingerprint density at radius 3 is 1.89 bits per heavy atom. The molecule has 1 aromatic carbocycles. The topological polar surface area (TPSA) is 44.8 Å². The van der Waals surface area contributed by atoms with Crippen molar-refractivity contribution in [3.05, 3.63) is 51.2 Å². The maximum absolute atomic E-state index is 12.0. The first-order chi connectivity index (χ1) is 16.1. The first kappa shape index (κ1) is 30.0. The summed E-state index contributed by atoms with van der Waals surface area (Å²) in [5.74, 6) is 0.996. The minimum atomic E-state index is -1.32. The van der Waals surface area contributed by atoms with E-state index in [1.165, 1.54) is 22.5 Å². The first-order valence-electron chi connectivity index (χ1n) is 12.8. The zero-order valence-electron chi connectivity index (χ0n) is 23.7. The van der Waals surface area contributed by atoms with E-state index in [9.17, 15) is 4.79 Å². The monoisotopic (exact) mass is 534 g/mol. The molecule has 2 atom stereocenters. The Bertz CT molecular complexity index is 970. The fourth-order valence-corrected chi connectivity index (χ4v) is 7.20. The molecule has 1 heterocycles. The van der Waals surface area contributed by atoms with Crippen LogP contribution in [0.1, 0.15) is 92.8 Å². The predicted octanol–water partition coefficient (Wildman–Crippen LogP) is 8.09. The van der Waals surface area contributed by atoms with Crippen molar-refractivity contribution in [3.8, 4) is 5.75 Å². The van der Waals surface area contributed by atoms with Crippen LogP contribution in [0.15, 0.2) is 30.3 Å². The molecule has 2 unspecified atom stereocenters. The molecule has 0 aliphatic rings. The molecule has 0 bridgehead atoms.